The van der Waals surface area contributed by atoms with E-state index in [9.17, 15) is 4.79 Å². The van der Waals surface area contributed by atoms with Gasteiger partial charge in [-0.1, -0.05) is 13.3 Å². The topological polar surface area (TPSA) is 105 Å². The summed E-state index contributed by atoms with van der Waals surface area (Å²) in [4.78, 5) is 9.84. The van der Waals surface area contributed by atoms with Gasteiger partial charge < -0.3 is 29.5 Å². The zero-order valence-electron chi connectivity index (χ0n) is 14.2. The molecule has 0 saturated carbocycles. The van der Waals surface area contributed by atoms with Crippen LogP contribution >= 0.6 is 0 Å². The van der Waals surface area contributed by atoms with E-state index in [1.165, 1.54) is 0 Å². The maximum Gasteiger partial charge on any atom is 0.329 e. The summed E-state index contributed by atoms with van der Waals surface area (Å²) in [5.74, 6) is -0.897. The molecule has 0 rings (SSSR count). The van der Waals surface area contributed by atoms with Crippen molar-refractivity contribution in [2.24, 2.45) is 0 Å². The Morgan fingerprint density at radius 1 is 1.09 bits per heavy atom. The van der Waals surface area contributed by atoms with E-state index in [1.807, 2.05) is 13.8 Å². The molecule has 0 spiro atoms. The summed E-state index contributed by atoms with van der Waals surface area (Å²) in [6.07, 6.45) is 1.33. The first-order valence-electron chi connectivity index (χ1n) is 7.65. The fourth-order valence-corrected chi connectivity index (χ4v) is 1.11. The highest BCUT2D eigenvalue weighted by atomic mass is 16.5. The number of aliphatic carboxylic acids is 1. The molecule has 0 aromatic rings. The van der Waals surface area contributed by atoms with E-state index in [0.29, 0.717) is 19.8 Å². The molecule has 7 heteroatoms. The maximum absolute atomic E-state index is 9.84. The summed E-state index contributed by atoms with van der Waals surface area (Å²) < 4.78 is 15.2. The third kappa shape index (κ3) is 21.6. The Labute approximate surface area is 133 Å². The average molecular weight is 324 g/mol. The number of hydrogen-bond donors (Lipinski definition) is 3. The fourth-order valence-electron chi connectivity index (χ4n) is 1.11. The quantitative estimate of drug-likeness (QED) is 0.461. The van der Waals surface area contributed by atoms with Gasteiger partial charge in [0.1, 0.15) is 6.61 Å². The number of aliphatic hydroxyl groups is 2. The molecule has 3 N–H and O–H groups in total. The first kappa shape index (κ1) is 23.5. The largest absolute Gasteiger partial charge is 0.480 e. The predicted molar refractivity (Wildman–Crippen MR) is 83.0 cm³/mol. The standard InChI is InChI=1S/C9H20O4.C6H12O3/c1-7(11)5-12-9(3)6-13-8(2)4-10;1-2-3-4-9-5-6(7)8/h7-11H,4-6H2,1-3H3;2-5H2,1H3,(H,7,8). The number of hydrogen-bond acceptors (Lipinski definition) is 6. The van der Waals surface area contributed by atoms with Crippen molar-refractivity contribution in [1.82, 2.24) is 0 Å². The third-order valence-electron chi connectivity index (χ3n) is 2.36. The maximum atomic E-state index is 9.84. The van der Waals surface area contributed by atoms with Crippen LogP contribution < -0.4 is 0 Å². The zero-order chi connectivity index (χ0) is 17.4. The Morgan fingerprint density at radius 3 is 2.14 bits per heavy atom. The molecule has 3 unspecified atom stereocenters. The smallest absolute Gasteiger partial charge is 0.329 e. The summed E-state index contributed by atoms with van der Waals surface area (Å²) in [5.41, 5.74) is 0. The predicted octanol–water partition coefficient (Wildman–Crippen LogP) is 1.06. The lowest BCUT2D eigenvalue weighted by Gasteiger charge is -2.16. The van der Waals surface area contributed by atoms with Gasteiger partial charge in [0.2, 0.25) is 0 Å². The average Bonchev–Trinajstić information content (AvgIpc) is 2.47. The van der Waals surface area contributed by atoms with Gasteiger partial charge in [-0.25, -0.2) is 4.79 Å². The van der Waals surface area contributed by atoms with Crippen LogP contribution in [0.1, 0.15) is 40.5 Å². The van der Waals surface area contributed by atoms with Crippen LogP contribution in [-0.2, 0) is 19.0 Å². The number of carbonyl (C=O) groups is 1. The Balaban J connectivity index is 0. The lowest BCUT2D eigenvalue weighted by Crippen LogP contribution is -2.24. The second-order valence-electron chi connectivity index (χ2n) is 5.12. The number of unbranched alkanes of at least 4 members (excludes halogenated alkanes) is 1. The van der Waals surface area contributed by atoms with Gasteiger partial charge in [0, 0.05) is 6.61 Å². The van der Waals surface area contributed by atoms with Crippen molar-refractivity contribution in [3.63, 3.8) is 0 Å². The van der Waals surface area contributed by atoms with Gasteiger partial charge in [-0.15, -0.1) is 0 Å². The van der Waals surface area contributed by atoms with Gasteiger partial charge in [-0.2, -0.15) is 0 Å². The summed E-state index contributed by atoms with van der Waals surface area (Å²) in [5, 5.41) is 25.7. The first-order chi connectivity index (χ1) is 10.3. The molecule has 0 aliphatic heterocycles. The van der Waals surface area contributed by atoms with Gasteiger partial charge in [0.15, 0.2) is 0 Å². The minimum Gasteiger partial charge on any atom is -0.480 e. The molecular weight excluding hydrogens is 292 g/mol. The Bertz CT molecular complexity index is 246. The highest BCUT2D eigenvalue weighted by molar-refractivity contribution is 5.67. The van der Waals surface area contributed by atoms with Crippen LogP contribution in [0.5, 0.6) is 0 Å². The highest BCUT2D eigenvalue weighted by Gasteiger charge is 2.07. The molecule has 134 valence electrons. The Kier molecular flexibility index (Phi) is 17.8. The molecule has 3 atom stereocenters. The summed E-state index contributed by atoms with van der Waals surface area (Å²) in [6, 6.07) is 0. The molecule has 0 aliphatic rings. The monoisotopic (exact) mass is 324 g/mol. The van der Waals surface area contributed by atoms with Crippen LogP contribution in [0.2, 0.25) is 0 Å². The minimum absolute atomic E-state index is 0.0170. The van der Waals surface area contributed by atoms with E-state index < -0.39 is 12.1 Å². The number of rotatable bonds is 12. The second-order valence-corrected chi connectivity index (χ2v) is 5.12. The van der Waals surface area contributed by atoms with Crippen LogP contribution in [0.15, 0.2) is 0 Å². The molecule has 0 aromatic heterocycles. The van der Waals surface area contributed by atoms with Crippen molar-refractivity contribution in [2.75, 3.05) is 33.0 Å². The first-order valence-corrected chi connectivity index (χ1v) is 7.65. The fraction of sp³-hybridized carbons (Fsp3) is 0.933. The van der Waals surface area contributed by atoms with E-state index in [1.54, 1.807) is 13.8 Å². The van der Waals surface area contributed by atoms with E-state index in [-0.39, 0.29) is 25.4 Å². The van der Waals surface area contributed by atoms with Crippen molar-refractivity contribution in [1.29, 1.82) is 0 Å². The Hall–Kier alpha value is -0.730. The molecule has 0 heterocycles. The summed E-state index contributed by atoms with van der Waals surface area (Å²) in [7, 11) is 0. The Morgan fingerprint density at radius 2 is 1.68 bits per heavy atom. The summed E-state index contributed by atoms with van der Waals surface area (Å²) in [6.45, 7) is 8.53. The number of ether oxygens (including phenoxy) is 3. The van der Waals surface area contributed by atoms with Crippen molar-refractivity contribution >= 4 is 5.97 Å². The van der Waals surface area contributed by atoms with Gasteiger partial charge in [-0.05, 0) is 27.2 Å². The molecule has 0 fully saturated rings. The van der Waals surface area contributed by atoms with E-state index in [4.69, 9.17) is 29.5 Å². The van der Waals surface area contributed by atoms with Crippen molar-refractivity contribution in [3.8, 4) is 0 Å². The van der Waals surface area contributed by atoms with Gasteiger partial charge in [-0.3, -0.25) is 0 Å². The molecular formula is C15H32O7. The van der Waals surface area contributed by atoms with E-state index >= 15 is 0 Å². The van der Waals surface area contributed by atoms with Crippen LogP contribution in [0, 0.1) is 0 Å². The molecule has 0 bridgehead atoms. The molecule has 0 aromatic carbocycles. The molecule has 0 aliphatic carbocycles. The van der Waals surface area contributed by atoms with Crippen LogP contribution in [0.25, 0.3) is 0 Å². The van der Waals surface area contributed by atoms with Crippen molar-refractivity contribution < 1.29 is 34.3 Å². The van der Waals surface area contributed by atoms with Gasteiger partial charge in [0.25, 0.3) is 0 Å². The molecule has 7 nitrogen and oxygen atoms in total. The van der Waals surface area contributed by atoms with Crippen molar-refractivity contribution in [3.05, 3.63) is 0 Å². The normalized spacial score (nSPS) is 14.6. The van der Waals surface area contributed by atoms with Gasteiger partial charge in [0.05, 0.1) is 38.1 Å². The lowest BCUT2D eigenvalue weighted by molar-refractivity contribution is -0.142. The van der Waals surface area contributed by atoms with Crippen molar-refractivity contribution in [2.45, 2.75) is 58.8 Å². The highest BCUT2D eigenvalue weighted by Crippen LogP contribution is 1.97. The number of carboxylic acid groups (broad SMARTS) is 1. The van der Waals surface area contributed by atoms with Crippen LogP contribution in [0.3, 0.4) is 0 Å². The number of aliphatic hydroxyl groups excluding tert-OH is 2. The van der Waals surface area contributed by atoms with Crippen LogP contribution in [-0.4, -0.2) is 72.6 Å². The van der Waals surface area contributed by atoms with E-state index in [2.05, 4.69) is 0 Å². The number of carboxylic acids is 1. The third-order valence-corrected chi connectivity index (χ3v) is 2.36. The SMILES string of the molecule is CC(O)COC(C)COC(C)CO.CCCCOCC(=O)O. The summed E-state index contributed by atoms with van der Waals surface area (Å²) >= 11 is 0. The molecule has 0 saturated heterocycles. The lowest BCUT2D eigenvalue weighted by atomic mass is 10.4. The van der Waals surface area contributed by atoms with Gasteiger partial charge >= 0.3 is 5.97 Å². The molecule has 22 heavy (non-hydrogen) atoms. The van der Waals surface area contributed by atoms with Crippen LogP contribution in [0.4, 0.5) is 0 Å². The minimum atomic E-state index is -0.897. The molecule has 0 radical (unpaired) electrons. The second kappa shape index (κ2) is 16.6. The molecule has 0 amide bonds. The zero-order valence-corrected chi connectivity index (χ0v) is 14.2. The van der Waals surface area contributed by atoms with E-state index in [0.717, 1.165) is 12.8 Å².